The van der Waals surface area contributed by atoms with Crippen molar-refractivity contribution < 1.29 is 0 Å². The first-order valence-corrected chi connectivity index (χ1v) is 9.69. The van der Waals surface area contributed by atoms with Crippen LogP contribution in [0.15, 0.2) is 29.2 Å². The Hall–Kier alpha value is -0.470. The zero-order valence-corrected chi connectivity index (χ0v) is 14.3. The molecule has 0 spiro atoms. The van der Waals surface area contributed by atoms with E-state index in [0.717, 1.165) is 0 Å². The monoisotopic (exact) mass is 305 g/mol. The van der Waals surface area contributed by atoms with Gasteiger partial charge in [0.25, 0.3) is 0 Å². The number of unbranched alkanes of at least 4 members (excludes halogenated alkanes) is 7. The maximum absolute atomic E-state index is 6.42. The molecule has 0 fully saturated rings. The fourth-order valence-electron chi connectivity index (χ4n) is 3.15. The van der Waals surface area contributed by atoms with Crippen molar-refractivity contribution in [1.82, 2.24) is 0 Å². The average molecular weight is 306 g/mol. The van der Waals surface area contributed by atoms with E-state index >= 15 is 0 Å². The van der Waals surface area contributed by atoms with E-state index in [2.05, 4.69) is 31.2 Å². The normalized spacial score (nSPS) is 18.7. The number of hydrogen-bond donors (Lipinski definition) is 1. The van der Waals surface area contributed by atoms with Gasteiger partial charge in [0.15, 0.2) is 0 Å². The Kier molecular flexibility index (Phi) is 7.66. The molecule has 1 aromatic rings. The summed E-state index contributed by atoms with van der Waals surface area (Å²) in [6.07, 6.45) is 13.4. The van der Waals surface area contributed by atoms with Gasteiger partial charge >= 0.3 is 0 Å². The summed E-state index contributed by atoms with van der Waals surface area (Å²) in [5.74, 6) is 0. The second-order valence-corrected chi connectivity index (χ2v) is 7.68. The minimum atomic E-state index is 0.363. The van der Waals surface area contributed by atoms with Crippen LogP contribution in [0, 0.1) is 0 Å². The predicted octanol–water partition coefficient (Wildman–Crippen LogP) is 5.56. The van der Waals surface area contributed by atoms with Gasteiger partial charge in [-0.1, -0.05) is 76.5 Å². The Morgan fingerprint density at radius 3 is 2.43 bits per heavy atom. The topological polar surface area (TPSA) is 26.0 Å². The lowest BCUT2D eigenvalue weighted by molar-refractivity contribution is 0.516. The smallest absolute Gasteiger partial charge is 0.0287 e. The average Bonchev–Trinajstić information content (AvgIpc) is 2.94. The Labute approximate surface area is 135 Å². The molecule has 0 aromatic heterocycles. The van der Waals surface area contributed by atoms with Crippen molar-refractivity contribution in [3.05, 3.63) is 29.8 Å². The van der Waals surface area contributed by atoms with Crippen LogP contribution in [0.4, 0.5) is 0 Å². The predicted molar refractivity (Wildman–Crippen MR) is 95.0 cm³/mol. The van der Waals surface area contributed by atoms with Crippen molar-refractivity contribution in [1.29, 1.82) is 0 Å². The van der Waals surface area contributed by atoms with Crippen molar-refractivity contribution >= 4 is 11.8 Å². The van der Waals surface area contributed by atoms with E-state index < -0.39 is 0 Å². The van der Waals surface area contributed by atoms with E-state index in [1.54, 1.807) is 0 Å². The number of benzene rings is 1. The van der Waals surface area contributed by atoms with Gasteiger partial charge < -0.3 is 5.73 Å². The van der Waals surface area contributed by atoms with Gasteiger partial charge in [0.05, 0.1) is 0 Å². The van der Waals surface area contributed by atoms with Crippen molar-refractivity contribution in [3.63, 3.8) is 0 Å². The Bertz CT molecular complexity index is 379. The molecule has 1 aliphatic heterocycles. The molecule has 21 heavy (non-hydrogen) atoms. The van der Waals surface area contributed by atoms with Gasteiger partial charge in [0.2, 0.25) is 0 Å². The van der Waals surface area contributed by atoms with E-state index in [1.165, 1.54) is 74.7 Å². The van der Waals surface area contributed by atoms with Crippen LogP contribution in [0.3, 0.4) is 0 Å². The summed E-state index contributed by atoms with van der Waals surface area (Å²) in [7, 11) is 0. The second-order valence-electron chi connectivity index (χ2n) is 6.40. The Morgan fingerprint density at radius 1 is 1.05 bits per heavy atom. The van der Waals surface area contributed by atoms with Crippen LogP contribution in [0.5, 0.6) is 0 Å². The quantitative estimate of drug-likeness (QED) is 0.573. The summed E-state index contributed by atoms with van der Waals surface area (Å²) in [6.45, 7) is 2.28. The number of thioether (sulfide) groups is 1. The van der Waals surface area contributed by atoms with E-state index in [4.69, 9.17) is 5.73 Å². The van der Waals surface area contributed by atoms with Crippen LogP contribution < -0.4 is 5.73 Å². The summed E-state index contributed by atoms with van der Waals surface area (Å²) in [6, 6.07) is 9.14. The molecule has 1 aliphatic rings. The highest BCUT2D eigenvalue weighted by atomic mass is 32.2. The summed E-state index contributed by atoms with van der Waals surface area (Å²) in [5.41, 5.74) is 7.92. The third kappa shape index (κ3) is 5.67. The van der Waals surface area contributed by atoms with Crippen LogP contribution in [-0.4, -0.2) is 11.3 Å². The van der Waals surface area contributed by atoms with Gasteiger partial charge in [0, 0.05) is 16.2 Å². The molecule has 0 bridgehead atoms. The summed E-state index contributed by atoms with van der Waals surface area (Å²) in [4.78, 5) is 1.45. The molecular weight excluding hydrogens is 274 g/mol. The van der Waals surface area contributed by atoms with Crippen molar-refractivity contribution in [2.24, 2.45) is 5.73 Å². The van der Waals surface area contributed by atoms with Crippen LogP contribution in [0.25, 0.3) is 0 Å². The molecule has 0 aliphatic carbocycles. The molecule has 0 saturated carbocycles. The standard InChI is InChI=1S/C19H31NS/c1-2-3-4-5-6-7-8-9-13-17(20)19-15-16-12-10-11-14-18(16)21-19/h10-12,14,17,19H,2-9,13,15,20H2,1H3. The van der Waals surface area contributed by atoms with Crippen molar-refractivity contribution in [2.45, 2.75) is 87.3 Å². The third-order valence-electron chi connectivity index (χ3n) is 4.54. The molecule has 0 amide bonds. The maximum Gasteiger partial charge on any atom is 0.0287 e. The van der Waals surface area contributed by atoms with Gasteiger partial charge in [-0.3, -0.25) is 0 Å². The van der Waals surface area contributed by atoms with Gasteiger partial charge in [0.1, 0.15) is 0 Å². The van der Waals surface area contributed by atoms with Crippen LogP contribution in [0.2, 0.25) is 0 Å². The molecule has 118 valence electrons. The molecule has 2 rings (SSSR count). The van der Waals surface area contributed by atoms with E-state index in [1.807, 2.05) is 11.8 Å². The fraction of sp³-hybridized carbons (Fsp3) is 0.684. The van der Waals surface area contributed by atoms with Gasteiger partial charge in [-0.05, 0) is 24.5 Å². The highest BCUT2D eigenvalue weighted by molar-refractivity contribution is 8.00. The first-order valence-electron chi connectivity index (χ1n) is 8.81. The van der Waals surface area contributed by atoms with E-state index in [-0.39, 0.29) is 0 Å². The minimum Gasteiger partial charge on any atom is -0.327 e. The molecule has 2 atom stereocenters. The maximum atomic E-state index is 6.42. The molecule has 0 saturated heterocycles. The fourth-order valence-corrected chi connectivity index (χ4v) is 4.51. The van der Waals surface area contributed by atoms with E-state index in [9.17, 15) is 0 Å². The highest BCUT2D eigenvalue weighted by Gasteiger charge is 2.26. The molecule has 2 heteroatoms. The largest absolute Gasteiger partial charge is 0.327 e. The van der Waals surface area contributed by atoms with Crippen molar-refractivity contribution in [3.8, 4) is 0 Å². The molecule has 0 radical (unpaired) electrons. The molecule has 1 aromatic carbocycles. The molecule has 1 heterocycles. The number of rotatable bonds is 10. The first-order chi connectivity index (χ1) is 10.3. The zero-order valence-electron chi connectivity index (χ0n) is 13.5. The van der Waals surface area contributed by atoms with Crippen LogP contribution in [0.1, 0.15) is 70.3 Å². The number of hydrogen-bond acceptors (Lipinski definition) is 2. The Morgan fingerprint density at radius 2 is 1.71 bits per heavy atom. The van der Waals surface area contributed by atoms with Gasteiger partial charge in [-0.15, -0.1) is 11.8 Å². The summed E-state index contributed by atoms with van der Waals surface area (Å²) in [5, 5.41) is 0.604. The molecule has 1 nitrogen and oxygen atoms in total. The van der Waals surface area contributed by atoms with Crippen LogP contribution in [-0.2, 0) is 6.42 Å². The molecule has 2 unspecified atom stereocenters. The second kappa shape index (κ2) is 9.53. The lowest BCUT2D eigenvalue weighted by Crippen LogP contribution is -2.32. The molecular formula is C19H31NS. The zero-order chi connectivity index (χ0) is 14.9. The van der Waals surface area contributed by atoms with Crippen LogP contribution >= 0.6 is 11.8 Å². The summed E-state index contributed by atoms with van der Waals surface area (Å²) < 4.78 is 0. The first kappa shape index (κ1) is 16.9. The number of nitrogens with two attached hydrogens (primary N) is 1. The number of fused-ring (bicyclic) bond motifs is 1. The molecule has 2 N–H and O–H groups in total. The Balaban J connectivity index is 1.54. The highest BCUT2D eigenvalue weighted by Crippen LogP contribution is 2.38. The lowest BCUT2D eigenvalue weighted by Gasteiger charge is -2.18. The third-order valence-corrected chi connectivity index (χ3v) is 6.01. The lowest BCUT2D eigenvalue weighted by atomic mass is 10.00. The van der Waals surface area contributed by atoms with Gasteiger partial charge in [-0.2, -0.15) is 0 Å². The van der Waals surface area contributed by atoms with Gasteiger partial charge in [-0.25, -0.2) is 0 Å². The van der Waals surface area contributed by atoms with E-state index in [0.29, 0.717) is 11.3 Å². The summed E-state index contributed by atoms with van der Waals surface area (Å²) >= 11 is 2.00. The SMILES string of the molecule is CCCCCCCCCCC(N)C1Cc2ccccc2S1. The van der Waals surface area contributed by atoms with Crippen molar-refractivity contribution in [2.75, 3.05) is 0 Å². The minimum absolute atomic E-state index is 0.363.